The minimum Gasteiger partial charge on any atom is -0.384 e. The lowest BCUT2D eigenvalue weighted by Gasteiger charge is -2.20. The second-order valence-corrected chi connectivity index (χ2v) is 6.57. The molecule has 0 aliphatic rings. The molecular weight excluding hydrogens is 270 g/mol. The molecule has 0 fully saturated rings. The van der Waals surface area contributed by atoms with Crippen molar-refractivity contribution in [3.63, 3.8) is 0 Å². The fourth-order valence-electron chi connectivity index (χ4n) is 1.85. The van der Waals surface area contributed by atoms with Crippen molar-refractivity contribution >= 4 is 17.2 Å². The summed E-state index contributed by atoms with van der Waals surface area (Å²) in [4.78, 5) is 12.0. The molecule has 0 saturated heterocycles. The van der Waals surface area contributed by atoms with Gasteiger partial charge in [-0.05, 0) is 60.9 Å². The van der Waals surface area contributed by atoms with Crippen molar-refractivity contribution in [2.75, 3.05) is 0 Å². The van der Waals surface area contributed by atoms with E-state index in [2.05, 4.69) is 5.32 Å². The van der Waals surface area contributed by atoms with Crippen LogP contribution in [0.25, 0.3) is 0 Å². The van der Waals surface area contributed by atoms with Crippen molar-refractivity contribution in [3.05, 3.63) is 57.8 Å². The third-order valence-corrected chi connectivity index (χ3v) is 3.54. The number of hydrogen-bond donors (Lipinski definition) is 2. The van der Waals surface area contributed by atoms with Crippen LogP contribution in [0.5, 0.6) is 0 Å². The fourth-order valence-corrected chi connectivity index (χ4v) is 2.53. The molecule has 1 unspecified atom stereocenters. The molecule has 106 valence electrons. The van der Waals surface area contributed by atoms with E-state index in [0.29, 0.717) is 5.56 Å². The van der Waals surface area contributed by atoms with E-state index in [1.807, 2.05) is 37.6 Å². The van der Waals surface area contributed by atoms with Gasteiger partial charge in [-0.1, -0.05) is 12.1 Å². The van der Waals surface area contributed by atoms with Gasteiger partial charge in [0, 0.05) is 11.1 Å². The molecule has 0 aliphatic heterocycles. The van der Waals surface area contributed by atoms with E-state index in [1.165, 1.54) is 0 Å². The smallest absolute Gasteiger partial charge is 0.251 e. The summed E-state index contributed by atoms with van der Waals surface area (Å²) in [5.41, 5.74) is 2.00. The van der Waals surface area contributed by atoms with Crippen molar-refractivity contribution < 1.29 is 9.90 Å². The molecule has 1 amide bonds. The standard InChI is InChI=1S/C16H19NO2S/c1-16(2,3)17-15(19)12-6-4-11(5-7-12)14(18)13-8-9-20-10-13/h4-10,14,18H,1-3H3,(H,17,19). The Hall–Kier alpha value is -1.65. The van der Waals surface area contributed by atoms with Gasteiger partial charge in [0.25, 0.3) is 5.91 Å². The van der Waals surface area contributed by atoms with Crippen molar-refractivity contribution in [3.8, 4) is 0 Å². The highest BCUT2D eigenvalue weighted by Gasteiger charge is 2.16. The number of carbonyl (C=O) groups excluding carboxylic acids is 1. The van der Waals surface area contributed by atoms with Crippen molar-refractivity contribution in [2.24, 2.45) is 0 Å². The topological polar surface area (TPSA) is 49.3 Å². The SMILES string of the molecule is CC(C)(C)NC(=O)c1ccc(C(O)c2ccsc2)cc1. The Kier molecular flexibility index (Phi) is 4.26. The van der Waals surface area contributed by atoms with E-state index < -0.39 is 6.10 Å². The normalized spacial score (nSPS) is 13.0. The summed E-state index contributed by atoms with van der Waals surface area (Å²) in [6.07, 6.45) is -0.638. The van der Waals surface area contributed by atoms with Gasteiger partial charge in [0.15, 0.2) is 0 Å². The maximum atomic E-state index is 12.0. The van der Waals surface area contributed by atoms with Gasteiger partial charge < -0.3 is 10.4 Å². The van der Waals surface area contributed by atoms with E-state index in [1.54, 1.807) is 35.6 Å². The third kappa shape index (κ3) is 3.68. The van der Waals surface area contributed by atoms with Crippen LogP contribution in [0.15, 0.2) is 41.1 Å². The molecule has 0 aliphatic carbocycles. The number of thiophene rings is 1. The summed E-state index contributed by atoms with van der Waals surface area (Å²) < 4.78 is 0. The lowest BCUT2D eigenvalue weighted by Crippen LogP contribution is -2.40. The molecule has 1 atom stereocenters. The maximum absolute atomic E-state index is 12.0. The van der Waals surface area contributed by atoms with Crippen molar-refractivity contribution in [1.82, 2.24) is 5.32 Å². The first-order valence-electron chi connectivity index (χ1n) is 6.49. The quantitative estimate of drug-likeness (QED) is 0.910. The molecule has 3 nitrogen and oxygen atoms in total. The summed E-state index contributed by atoms with van der Waals surface area (Å²) in [7, 11) is 0. The minimum atomic E-state index is -0.638. The number of carbonyl (C=O) groups is 1. The van der Waals surface area contributed by atoms with Gasteiger partial charge in [-0.3, -0.25) is 4.79 Å². The predicted octanol–water partition coefficient (Wildman–Crippen LogP) is 3.36. The van der Waals surface area contributed by atoms with Crippen LogP contribution in [0.4, 0.5) is 0 Å². The van der Waals surface area contributed by atoms with Gasteiger partial charge in [-0.15, -0.1) is 0 Å². The van der Waals surface area contributed by atoms with Gasteiger partial charge in [0.05, 0.1) is 0 Å². The first-order valence-corrected chi connectivity index (χ1v) is 7.44. The molecule has 2 aromatic rings. The first kappa shape index (κ1) is 14.8. The summed E-state index contributed by atoms with van der Waals surface area (Å²) >= 11 is 1.55. The number of hydrogen-bond acceptors (Lipinski definition) is 3. The van der Waals surface area contributed by atoms with Crippen LogP contribution in [-0.4, -0.2) is 16.6 Å². The zero-order valence-electron chi connectivity index (χ0n) is 11.9. The van der Waals surface area contributed by atoms with E-state index in [0.717, 1.165) is 11.1 Å². The Morgan fingerprint density at radius 3 is 2.30 bits per heavy atom. The van der Waals surface area contributed by atoms with Crippen molar-refractivity contribution in [1.29, 1.82) is 0 Å². The highest BCUT2D eigenvalue weighted by molar-refractivity contribution is 7.07. The van der Waals surface area contributed by atoms with Crippen LogP contribution in [0.3, 0.4) is 0 Å². The van der Waals surface area contributed by atoms with E-state index in [9.17, 15) is 9.90 Å². The molecule has 0 radical (unpaired) electrons. The predicted molar refractivity (Wildman–Crippen MR) is 82.0 cm³/mol. The highest BCUT2D eigenvalue weighted by Crippen LogP contribution is 2.24. The third-order valence-electron chi connectivity index (χ3n) is 2.84. The number of aliphatic hydroxyl groups is 1. The molecule has 0 bridgehead atoms. The van der Waals surface area contributed by atoms with Gasteiger partial charge in [-0.25, -0.2) is 0 Å². The summed E-state index contributed by atoms with van der Waals surface area (Å²) in [5, 5.41) is 17.0. The lowest BCUT2D eigenvalue weighted by molar-refractivity contribution is 0.0919. The monoisotopic (exact) mass is 289 g/mol. The molecule has 0 saturated carbocycles. The molecule has 1 aromatic heterocycles. The zero-order chi connectivity index (χ0) is 14.8. The molecule has 2 rings (SSSR count). The fraction of sp³-hybridized carbons (Fsp3) is 0.312. The van der Waals surface area contributed by atoms with Gasteiger partial charge in [-0.2, -0.15) is 11.3 Å². The number of amides is 1. The Morgan fingerprint density at radius 1 is 1.15 bits per heavy atom. The molecule has 2 N–H and O–H groups in total. The van der Waals surface area contributed by atoms with E-state index >= 15 is 0 Å². The Bertz CT molecular complexity index is 568. The average molecular weight is 289 g/mol. The largest absolute Gasteiger partial charge is 0.384 e. The Morgan fingerprint density at radius 2 is 1.80 bits per heavy atom. The zero-order valence-corrected chi connectivity index (χ0v) is 12.7. The maximum Gasteiger partial charge on any atom is 0.251 e. The minimum absolute atomic E-state index is 0.103. The summed E-state index contributed by atoms with van der Waals surface area (Å²) in [6, 6.07) is 8.97. The van der Waals surface area contributed by atoms with Crippen molar-refractivity contribution in [2.45, 2.75) is 32.4 Å². The van der Waals surface area contributed by atoms with Crippen LogP contribution in [-0.2, 0) is 0 Å². The molecule has 0 spiro atoms. The van der Waals surface area contributed by atoms with Crippen LogP contribution in [0.1, 0.15) is 48.4 Å². The molecule has 20 heavy (non-hydrogen) atoms. The van der Waals surface area contributed by atoms with E-state index in [-0.39, 0.29) is 11.4 Å². The van der Waals surface area contributed by atoms with Gasteiger partial charge >= 0.3 is 0 Å². The van der Waals surface area contributed by atoms with E-state index in [4.69, 9.17) is 0 Å². The second kappa shape index (κ2) is 5.77. The molecule has 1 aromatic carbocycles. The average Bonchev–Trinajstić information content (AvgIpc) is 2.90. The van der Waals surface area contributed by atoms with Gasteiger partial charge in [0.1, 0.15) is 6.10 Å². The highest BCUT2D eigenvalue weighted by atomic mass is 32.1. The molecule has 1 heterocycles. The van der Waals surface area contributed by atoms with Crippen LogP contribution in [0, 0.1) is 0 Å². The Balaban J connectivity index is 2.12. The van der Waals surface area contributed by atoms with Crippen LogP contribution < -0.4 is 5.32 Å². The second-order valence-electron chi connectivity index (χ2n) is 5.79. The first-order chi connectivity index (χ1) is 9.37. The number of benzene rings is 1. The number of rotatable bonds is 3. The Labute approximate surface area is 123 Å². The molecule has 4 heteroatoms. The van der Waals surface area contributed by atoms with Gasteiger partial charge in [0.2, 0.25) is 0 Å². The van der Waals surface area contributed by atoms with Crippen LogP contribution >= 0.6 is 11.3 Å². The molecular formula is C16H19NO2S. The lowest BCUT2D eigenvalue weighted by atomic mass is 10.0. The summed E-state index contributed by atoms with van der Waals surface area (Å²) in [5.74, 6) is -0.103. The van der Waals surface area contributed by atoms with Crippen LogP contribution in [0.2, 0.25) is 0 Å². The summed E-state index contributed by atoms with van der Waals surface area (Å²) in [6.45, 7) is 5.83. The number of nitrogens with one attached hydrogen (secondary N) is 1. The number of aliphatic hydroxyl groups excluding tert-OH is 1.